The van der Waals surface area contributed by atoms with Crippen molar-refractivity contribution in [3.05, 3.63) is 23.8 Å². The maximum atomic E-state index is 5.50. The number of rotatable bonds is 0. The van der Waals surface area contributed by atoms with Gasteiger partial charge in [-0.25, -0.2) is 4.98 Å². The lowest BCUT2D eigenvalue weighted by atomic mass is 9.87. The van der Waals surface area contributed by atoms with Crippen molar-refractivity contribution in [3.8, 4) is 0 Å². The van der Waals surface area contributed by atoms with Gasteiger partial charge >= 0.3 is 0 Å². The molecule has 2 aromatic rings. The summed E-state index contributed by atoms with van der Waals surface area (Å²) in [4.78, 5) is 4.15. The van der Waals surface area contributed by atoms with Crippen LogP contribution in [0.25, 0.3) is 11.0 Å². The number of benzene rings is 1. The smallest absolute Gasteiger partial charge is 0.240 e. The molecule has 0 saturated carbocycles. The quantitative estimate of drug-likeness (QED) is 0.708. The van der Waals surface area contributed by atoms with Gasteiger partial charge in [0.05, 0.1) is 5.52 Å². The van der Waals surface area contributed by atoms with E-state index in [9.17, 15) is 0 Å². The summed E-state index contributed by atoms with van der Waals surface area (Å²) in [6, 6.07) is 5.99. The summed E-state index contributed by atoms with van der Waals surface area (Å²) in [5.41, 5.74) is 8.40. The van der Waals surface area contributed by atoms with Crippen LogP contribution in [0.2, 0.25) is 0 Å². The van der Waals surface area contributed by atoms with Crippen molar-refractivity contribution in [2.45, 2.75) is 26.2 Å². The lowest BCUT2D eigenvalue weighted by Crippen LogP contribution is -2.11. The number of anilines is 1. The van der Waals surface area contributed by atoms with Gasteiger partial charge in [-0.15, -0.1) is 10.2 Å². The van der Waals surface area contributed by atoms with Crippen molar-refractivity contribution in [3.63, 3.8) is 0 Å². The molecule has 0 atom stereocenters. The Balaban J connectivity index is 2.64. The van der Waals surface area contributed by atoms with E-state index in [1.54, 1.807) is 0 Å². The highest BCUT2D eigenvalue weighted by atomic mass is 15.2. The molecule has 0 radical (unpaired) electrons. The average molecular weight is 202 g/mol. The molecule has 0 aliphatic heterocycles. The van der Waals surface area contributed by atoms with Gasteiger partial charge in [0.1, 0.15) is 5.52 Å². The first-order chi connectivity index (χ1) is 6.97. The Morgan fingerprint density at radius 3 is 2.47 bits per heavy atom. The third-order valence-electron chi connectivity index (χ3n) is 2.34. The summed E-state index contributed by atoms with van der Waals surface area (Å²) in [5.74, 6) is 0.216. The van der Waals surface area contributed by atoms with E-state index < -0.39 is 0 Å². The highest BCUT2D eigenvalue weighted by Gasteiger charge is 2.14. The molecule has 0 aliphatic carbocycles. The lowest BCUT2D eigenvalue weighted by molar-refractivity contribution is 0.591. The largest absolute Gasteiger partial charge is 0.366 e. The van der Waals surface area contributed by atoms with Crippen molar-refractivity contribution in [2.75, 3.05) is 5.73 Å². The van der Waals surface area contributed by atoms with Crippen molar-refractivity contribution >= 4 is 17.0 Å². The molecule has 2 rings (SSSR count). The number of nitrogens with two attached hydrogens (primary N) is 1. The molecule has 0 fully saturated rings. The zero-order valence-electron chi connectivity index (χ0n) is 9.15. The molecule has 4 heteroatoms. The zero-order chi connectivity index (χ0) is 11.1. The van der Waals surface area contributed by atoms with Crippen molar-refractivity contribution in [1.82, 2.24) is 15.2 Å². The van der Waals surface area contributed by atoms with Gasteiger partial charge < -0.3 is 5.73 Å². The molecule has 1 aromatic heterocycles. The van der Waals surface area contributed by atoms with Crippen LogP contribution in [0.3, 0.4) is 0 Å². The van der Waals surface area contributed by atoms with Gasteiger partial charge in [-0.1, -0.05) is 26.8 Å². The van der Waals surface area contributed by atoms with Gasteiger partial charge in [-0.05, 0) is 23.1 Å². The van der Waals surface area contributed by atoms with Gasteiger partial charge in [0.2, 0.25) is 5.95 Å². The summed E-state index contributed by atoms with van der Waals surface area (Å²) in [6.07, 6.45) is 0. The Labute approximate surface area is 88.5 Å². The highest BCUT2D eigenvalue weighted by molar-refractivity contribution is 5.75. The van der Waals surface area contributed by atoms with E-state index in [0.29, 0.717) is 0 Å². The van der Waals surface area contributed by atoms with Crippen molar-refractivity contribution in [2.24, 2.45) is 0 Å². The second-order valence-electron chi connectivity index (χ2n) is 4.62. The molecular formula is C11H14N4. The lowest BCUT2D eigenvalue weighted by Gasteiger charge is -2.18. The Morgan fingerprint density at radius 2 is 1.80 bits per heavy atom. The maximum absolute atomic E-state index is 5.50. The fraction of sp³-hybridized carbons (Fsp3) is 0.364. The van der Waals surface area contributed by atoms with Crippen LogP contribution in [0.1, 0.15) is 26.3 Å². The van der Waals surface area contributed by atoms with E-state index in [0.717, 1.165) is 11.0 Å². The minimum Gasteiger partial charge on any atom is -0.366 e. The normalized spacial score (nSPS) is 11.9. The van der Waals surface area contributed by atoms with E-state index >= 15 is 0 Å². The molecule has 0 spiro atoms. The monoisotopic (exact) mass is 202 g/mol. The molecular weight excluding hydrogens is 188 g/mol. The minimum absolute atomic E-state index is 0.105. The number of fused-ring (bicyclic) bond motifs is 1. The van der Waals surface area contributed by atoms with E-state index in [2.05, 4.69) is 42.0 Å². The van der Waals surface area contributed by atoms with E-state index in [1.165, 1.54) is 5.56 Å². The Hall–Kier alpha value is -1.71. The van der Waals surface area contributed by atoms with Crippen LogP contribution in [0, 0.1) is 0 Å². The van der Waals surface area contributed by atoms with Gasteiger partial charge in [0.25, 0.3) is 0 Å². The summed E-state index contributed by atoms with van der Waals surface area (Å²) in [5, 5.41) is 7.68. The number of hydrogen-bond acceptors (Lipinski definition) is 4. The molecule has 1 aromatic carbocycles. The van der Waals surface area contributed by atoms with Gasteiger partial charge in [-0.2, -0.15) is 0 Å². The number of hydrogen-bond donors (Lipinski definition) is 1. The molecule has 0 saturated heterocycles. The SMILES string of the molecule is CC(C)(C)c1ccc2nnc(N)nc2c1. The second kappa shape index (κ2) is 3.15. The Bertz CT molecular complexity index is 499. The third kappa shape index (κ3) is 1.88. The Morgan fingerprint density at radius 1 is 1.07 bits per heavy atom. The predicted molar refractivity (Wildman–Crippen MR) is 60.4 cm³/mol. The average Bonchev–Trinajstić information content (AvgIpc) is 2.15. The van der Waals surface area contributed by atoms with E-state index in [1.807, 2.05) is 12.1 Å². The second-order valence-corrected chi connectivity index (χ2v) is 4.62. The summed E-state index contributed by atoms with van der Waals surface area (Å²) < 4.78 is 0. The summed E-state index contributed by atoms with van der Waals surface area (Å²) >= 11 is 0. The fourth-order valence-corrected chi connectivity index (χ4v) is 1.41. The Kier molecular flexibility index (Phi) is 2.07. The predicted octanol–water partition coefficient (Wildman–Crippen LogP) is 1.90. The van der Waals surface area contributed by atoms with Crippen LogP contribution in [0.15, 0.2) is 18.2 Å². The first kappa shape index (κ1) is 9.83. The molecule has 0 amide bonds. The van der Waals surface area contributed by atoms with E-state index in [4.69, 9.17) is 5.73 Å². The number of aromatic nitrogens is 3. The molecule has 4 nitrogen and oxygen atoms in total. The fourth-order valence-electron chi connectivity index (χ4n) is 1.41. The van der Waals surface area contributed by atoms with Crippen molar-refractivity contribution < 1.29 is 0 Å². The maximum Gasteiger partial charge on any atom is 0.240 e. The van der Waals surface area contributed by atoms with Crippen molar-refractivity contribution in [1.29, 1.82) is 0 Å². The summed E-state index contributed by atoms with van der Waals surface area (Å²) in [7, 11) is 0. The molecule has 1 heterocycles. The number of nitrogens with zero attached hydrogens (tertiary/aromatic N) is 3. The molecule has 0 unspecified atom stereocenters. The van der Waals surface area contributed by atoms with Crippen LogP contribution in [0.5, 0.6) is 0 Å². The van der Waals surface area contributed by atoms with E-state index in [-0.39, 0.29) is 11.4 Å². The van der Waals surface area contributed by atoms with Crippen LogP contribution >= 0.6 is 0 Å². The van der Waals surface area contributed by atoms with Crippen LogP contribution in [-0.4, -0.2) is 15.2 Å². The molecule has 0 bridgehead atoms. The topological polar surface area (TPSA) is 64.7 Å². The van der Waals surface area contributed by atoms with Crippen LogP contribution in [-0.2, 0) is 5.41 Å². The standard InChI is InChI=1S/C11H14N4/c1-11(2,3)7-4-5-8-9(6-7)13-10(12)15-14-8/h4-6H,1-3H3,(H2,12,13,15). The minimum atomic E-state index is 0.105. The first-order valence-electron chi connectivity index (χ1n) is 4.87. The highest BCUT2D eigenvalue weighted by Crippen LogP contribution is 2.24. The van der Waals surface area contributed by atoms with Crippen LogP contribution in [0.4, 0.5) is 5.95 Å². The van der Waals surface area contributed by atoms with Gasteiger partial charge in [0.15, 0.2) is 0 Å². The third-order valence-corrected chi connectivity index (χ3v) is 2.34. The molecule has 0 aliphatic rings. The zero-order valence-corrected chi connectivity index (χ0v) is 9.15. The molecule has 15 heavy (non-hydrogen) atoms. The van der Waals surface area contributed by atoms with Gasteiger partial charge in [-0.3, -0.25) is 0 Å². The number of nitrogen functional groups attached to an aromatic ring is 1. The van der Waals surface area contributed by atoms with Crippen LogP contribution < -0.4 is 5.73 Å². The summed E-state index contributed by atoms with van der Waals surface area (Å²) in [6.45, 7) is 6.48. The van der Waals surface area contributed by atoms with Gasteiger partial charge in [0, 0.05) is 0 Å². The molecule has 2 N–H and O–H groups in total. The first-order valence-corrected chi connectivity index (χ1v) is 4.87. The molecule has 78 valence electrons.